The lowest BCUT2D eigenvalue weighted by molar-refractivity contribution is -0.149. The number of hydrogen-bond acceptors (Lipinski definition) is 8. The van der Waals surface area contributed by atoms with Gasteiger partial charge in [-0.15, -0.1) is 0 Å². The Morgan fingerprint density at radius 1 is 1.23 bits per heavy atom. The molecule has 8 atom stereocenters. The Hall–Kier alpha value is -2.38. The summed E-state index contributed by atoms with van der Waals surface area (Å²) < 4.78 is 10.9. The zero-order valence-electron chi connectivity index (χ0n) is 21.5. The summed E-state index contributed by atoms with van der Waals surface area (Å²) in [6.07, 6.45) is 8.78. The fraction of sp³-hybridized carbons (Fsp3) is 0.778. The van der Waals surface area contributed by atoms with Gasteiger partial charge in [-0.05, 0) is 75.5 Å². The molecule has 0 unspecified atom stereocenters. The number of fused-ring (bicyclic) bond motifs is 7. The molecule has 1 aliphatic heterocycles. The van der Waals surface area contributed by atoms with Gasteiger partial charge in [0.1, 0.15) is 11.8 Å². The maximum atomic E-state index is 12.8. The second kappa shape index (κ2) is 8.34. The van der Waals surface area contributed by atoms with Crippen LogP contribution < -0.4 is 0 Å². The van der Waals surface area contributed by atoms with Gasteiger partial charge in [0.25, 0.3) is 0 Å². The largest absolute Gasteiger partial charge is 0.462 e. The first-order chi connectivity index (χ1) is 16.6. The van der Waals surface area contributed by atoms with Crippen LogP contribution in [0.25, 0.3) is 0 Å². The molecule has 8 heteroatoms. The molecule has 1 N–H and O–H groups in total. The minimum atomic E-state index is -0.933. The minimum absolute atomic E-state index is 0.0218. The summed E-state index contributed by atoms with van der Waals surface area (Å²) in [6.45, 7) is 9.97. The first kappa shape index (κ1) is 24.3. The summed E-state index contributed by atoms with van der Waals surface area (Å²) in [4.78, 5) is 30.5. The molecule has 4 aliphatic carbocycles. The van der Waals surface area contributed by atoms with Crippen LogP contribution in [0.15, 0.2) is 22.0 Å². The van der Waals surface area contributed by atoms with Crippen molar-refractivity contribution in [2.75, 3.05) is 6.61 Å². The van der Waals surface area contributed by atoms with Gasteiger partial charge in [-0.2, -0.15) is 0 Å². The van der Waals surface area contributed by atoms with Crippen molar-refractivity contribution in [3.8, 4) is 0 Å². The summed E-state index contributed by atoms with van der Waals surface area (Å²) in [5.74, 6) is 0.320. The van der Waals surface area contributed by atoms with Crippen molar-refractivity contribution >= 4 is 23.4 Å². The van der Waals surface area contributed by atoms with Crippen LogP contribution in [-0.4, -0.2) is 46.9 Å². The Bertz CT molecular complexity index is 1020. The van der Waals surface area contributed by atoms with Crippen LogP contribution in [0.2, 0.25) is 0 Å². The normalized spacial score (nSPS) is 44.0. The molecule has 1 heterocycles. The molecule has 0 bridgehead atoms. The molecule has 0 spiro atoms. The molecule has 5 aliphatic rings. The topological polar surface area (TPSA) is 107 Å². The number of carbonyl (C=O) groups excluding carboxylic acids is 2. The Balaban J connectivity index is 1.49. The first-order valence-electron chi connectivity index (χ1n) is 13.1. The van der Waals surface area contributed by atoms with Gasteiger partial charge in [0.15, 0.2) is 11.3 Å². The van der Waals surface area contributed by atoms with Crippen LogP contribution in [0.4, 0.5) is 0 Å². The molecule has 8 nitrogen and oxygen atoms in total. The van der Waals surface area contributed by atoms with Gasteiger partial charge in [-0.3, -0.25) is 4.79 Å². The molecule has 192 valence electrons. The average molecular weight is 487 g/mol. The SMILES string of the molecule is CCOC(=O)C1=NO[C@@]2(C(C)=NO)[C@@H]1C[C@@H]1[C@H]3CC=C4C[C@@H](OC(C)=O)CC[C@]4(C)[C@@H]3CC[C@]12C. The van der Waals surface area contributed by atoms with Crippen molar-refractivity contribution in [2.45, 2.75) is 91.3 Å². The van der Waals surface area contributed by atoms with E-state index in [1.165, 1.54) is 12.5 Å². The lowest BCUT2D eigenvalue weighted by atomic mass is 9.46. The van der Waals surface area contributed by atoms with Crippen molar-refractivity contribution in [1.82, 2.24) is 0 Å². The molecule has 0 aromatic heterocycles. The van der Waals surface area contributed by atoms with E-state index in [2.05, 4.69) is 30.2 Å². The van der Waals surface area contributed by atoms with Gasteiger partial charge in [-0.25, -0.2) is 4.79 Å². The fourth-order valence-corrected chi connectivity index (χ4v) is 8.84. The van der Waals surface area contributed by atoms with Crippen molar-refractivity contribution in [3.63, 3.8) is 0 Å². The van der Waals surface area contributed by atoms with E-state index in [0.29, 0.717) is 29.2 Å². The van der Waals surface area contributed by atoms with Gasteiger partial charge in [0, 0.05) is 18.8 Å². The number of allylic oxidation sites excluding steroid dienone is 1. The highest BCUT2D eigenvalue weighted by Crippen LogP contribution is 2.70. The predicted octanol–water partition coefficient (Wildman–Crippen LogP) is 4.65. The molecule has 35 heavy (non-hydrogen) atoms. The number of carbonyl (C=O) groups is 2. The molecule has 5 rings (SSSR count). The minimum Gasteiger partial charge on any atom is -0.462 e. The molecule has 0 saturated heterocycles. The predicted molar refractivity (Wildman–Crippen MR) is 129 cm³/mol. The van der Waals surface area contributed by atoms with E-state index >= 15 is 0 Å². The lowest BCUT2D eigenvalue weighted by Crippen LogP contribution is -2.59. The van der Waals surface area contributed by atoms with Crippen LogP contribution >= 0.6 is 0 Å². The Morgan fingerprint density at radius 3 is 2.69 bits per heavy atom. The highest BCUT2D eigenvalue weighted by atomic mass is 16.7. The fourth-order valence-electron chi connectivity index (χ4n) is 8.84. The summed E-state index contributed by atoms with van der Waals surface area (Å²) in [7, 11) is 0. The van der Waals surface area contributed by atoms with E-state index < -0.39 is 11.6 Å². The van der Waals surface area contributed by atoms with E-state index in [1.807, 2.05) is 0 Å². The van der Waals surface area contributed by atoms with Gasteiger partial charge in [0.2, 0.25) is 0 Å². The van der Waals surface area contributed by atoms with Crippen LogP contribution in [-0.2, 0) is 23.9 Å². The highest BCUT2D eigenvalue weighted by molar-refractivity contribution is 6.38. The quantitative estimate of drug-likeness (QED) is 0.204. The number of esters is 2. The van der Waals surface area contributed by atoms with Crippen molar-refractivity contribution in [1.29, 1.82) is 0 Å². The lowest BCUT2D eigenvalue weighted by Gasteiger charge is -2.58. The van der Waals surface area contributed by atoms with Gasteiger partial charge in [0.05, 0.1) is 12.5 Å². The number of ether oxygens (including phenoxy) is 2. The smallest absolute Gasteiger partial charge is 0.356 e. The third-order valence-corrected chi connectivity index (χ3v) is 10.4. The van der Waals surface area contributed by atoms with Crippen molar-refractivity contribution < 1.29 is 29.1 Å². The van der Waals surface area contributed by atoms with Crippen LogP contribution in [0.3, 0.4) is 0 Å². The highest BCUT2D eigenvalue weighted by Gasteiger charge is 2.74. The molecule has 0 radical (unpaired) electrons. The molecular weight excluding hydrogens is 448 g/mol. The van der Waals surface area contributed by atoms with Crippen molar-refractivity contribution in [2.24, 2.45) is 44.8 Å². The first-order valence-corrected chi connectivity index (χ1v) is 13.1. The number of rotatable bonds is 4. The zero-order valence-corrected chi connectivity index (χ0v) is 21.5. The van der Waals surface area contributed by atoms with Gasteiger partial charge >= 0.3 is 11.9 Å². The Morgan fingerprint density at radius 2 is 2.00 bits per heavy atom. The molecule has 3 fully saturated rings. The van der Waals surface area contributed by atoms with Crippen LogP contribution in [0.5, 0.6) is 0 Å². The van der Waals surface area contributed by atoms with Gasteiger partial charge in [-0.1, -0.05) is 35.8 Å². The molecule has 0 amide bonds. The summed E-state index contributed by atoms with van der Waals surface area (Å²) in [6, 6.07) is 0. The Kier molecular flexibility index (Phi) is 5.80. The third-order valence-electron chi connectivity index (χ3n) is 10.4. The van der Waals surface area contributed by atoms with Crippen molar-refractivity contribution in [3.05, 3.63) is 11.6 Å². The second-order valence-corrected chi connectivity index (χ2v) is 11.7. The molecule has 0 aromatic rings. The number of hydrogen-bond donors (Lipinski definition) is 1. The monoisotopic (exact) mass is 486 g/mol. The number of oxime groups is 2. The maximum absolute atomic E-state index is 12.8. The Labute approximate surface area is 207 Å². The van der Waals surface area contributed by atoms with Crippen LogP contribution in [0.1, 0.15) is 79.6 Å². The maximum Gasteiger partial charge on any atom is 0.356 e. The summed E-state index contributed by atoms with van der Waals surface area (Å²) >= 11 is 0. The van der Waals surface area contributed by atoms with E-state index in [9.17, 15) is 14.8 Å². The molecular formula is C27H38N2O6. The van der Waals surface area contributed by atoms with E-state index in [0.717, 1.165) is 44.9 Å². The van der Waals surface area contributed by atoms with E-state index in [4.69, 9.17) is 14.3 Å². The number of nitrogens with zero attached hydrogens (tertiary/aromatic N) is 2. The van der Waals surface area contributed by atoms with E-state index in [-0.39, 0.29) is 35.4 Å². The van der Waals surface area contributed by atoms with Crippen LogP contribution in [0, 0.1) is 34.5 Å². The summed E-state index contributed by atoms with van der Waals surface area (Å²) in [5.41, 5.74) is 1.08. The third kappa shape index (κ3) is 3.23. The molecule has 0 aromatic carbocycles. The molecule has 3 saturated carbocycles. The van der Waals surface area contributed by atoms with E-state index in [1.54, 1.807) is 13.8 Å². The average Bonchev–Trinajstić information content (AvgIpc) is 3.32. The standard InChI is InChI=1S/C27H38N2O6/c1-6-33-24(31)23-22-14-21-19-8-7-17-13-18(34-16(3)30)9-11-25(17,4)20(19)10-12-26(21,5)27(22,35-29-23)15(2)28-32/h7,18-22,32H,6,8-14H2,1-5H3/t18-,19-,20+,21+,22+,25-,26+,27-/m0/s1. The zero-order chi connectivity index (χ0) is 25.2. The van der Waals surface area contributed by atoms with Gasteiger partial charge < -0.3 is 19.5 Å². The second-order valence-electron chi connectivity index (χ2n) is 11.7. The summed E-state index contributed by atoms with van der Waals surface area (Å²) in [5, 5.41) is 17.7.